The third kappa shape index (κ3) is 3.55. The molecule has 0 fully saturated rings. The van der Waals surface area contributed by atoms with Crippen molar-refractivity contribution in [1.82, 2.24) is 19.7 Å². The van der Waals surface area contributed by atoms with Crippen LogP contribution in [0.1, 0.15) is 43.5 Å². The minimum atomic E-state index is -0.294. The largest absolute Gasteiger partial charge is 0.281 e. The van der Waals surface area contributed by atoms with Gasteiger partial charge in [-0.05, 0) is 36.4 Å². The normalized spacial score (nSPS) is 14.3. The van der Waals surface area contributed by atoms with Crippen LogP contribution in [0.4, 0.5) is 0 Å². The van der Waals surface area contributed by atoms with Crippen LogP contribution in [-0.4, -0.2) is 43.7 Å². The Morgan fingerprint density at radius 1 is 0.800 bits per heavy atom. The van der Waals surface area contributed by atoms with E-state index in [0.717, 1.165) is 16.8 Å². The van der Waals surface area contributed by atoms with Gasteiger partial charge in [0.05, 0.1) is 22.5 Å². The number of carbonyl (C=O) groups is 2. The van der Waals surface area contributed by atoms with Gasteiger partial charge in [0.2, 0.25) is 0 Å². The topological polar surface area (TPSA) is 80.5 Å². The molecule has 0 N–H and O–H groups in total. The van der Waals surface area contributed by atoms with Crippen molar-refractivity contribution in [1.29, 1.82) is 0 Å². The summed E-state index contributed by atoms with van der Waals surface area (Å²) in [5, 5.41) is 9.88. The fourth-order valence-electron chi connectivity index (χ4n) is 4.56. The second-order valence-electron chi connectivity index (χ2n) is 8.23. The number of benzene rings is 3. The van der Waals surface area contributed by atoms with Gasteiger partial charge in [-0.15, -0.1) is 10.2 Å². The van der Waals surface area contributed by atoms with Crippen LogP contribution in [0.15, 0.2) is 71.7 Å². The van der Waals surface area contributed by atoms with Gasteiger partial charge in [-0.25, -0.2) is 0 Å². The Morgan fingerprint density at radius 2 is 1.49 bits per heavy atom. The van der Waals surface area contributed by atoms with Crippen molar-refractivity contribution in [2.75, 3.05) is 6.54 Å². The molecule has 0 aliphatic carbocycles. The summed E-state index contributed by atoms with van der Waals surface area (Å²) in [6, 6.07) is 19.9. The molecule has 3 heterocycles. The SMILES string of the molecule is O=C1c2ccccc2C(=O)N1CCc1nnc2n1-c1ccc(Cl)cc1C(c1ccccc1Cl)=NC2. The van der Waals surface area contributed by atoms with Gasteiger partial charge in [-0.2, -0.15) is 0 Å². The van der Waals surface area contributed by atoms with Gasteiger partial charge < -0.3 is 0 Å². The molecule has 35 heavy (non-hydrogen) atoms. The first-order valence-electron chi connectivity index (χ1n) is 11.0. The van der Waals surface area contributed by atoms with Crippen LogP contribution in [0.2, 0.25) is 10.0 Å². The molecule has 0 radical (unpaired) electrons. The fourth-order valence-corrected chi connectivity index (χ4v) is 4.96. The van der Waals surface area contributed by atoms with Crippen LogP contribution in [0, 0.1) is 0 Å². The van der Waals surface area contributed by atoms with Gasteiger partial charge in [-0.1, -0.05) is 53.5 Å². The molecule has 4 aromatic rings. The Labute approximate surface area is 210 Å². The maximum Gasteiger partial charge on any atom is 0.261 e. The first kappa shape index (κ1) is 21.7. The molecule has 2 aliphatic heterocycles. The molecule has 172 valence electrons. The quantitative estimate of drug-likeness (QED) is 0.377. The lowest BCUT2D eigenvalue weighted by atomic mass is 10.0. The highest BCUT2D eigenvalue weighted by atomic mass is 35.5. The minimum Gasteiger partial charge on any atom is -0.281 e. The van der Waals surface area contributed by atoms with Crippen LogP contribution >= 0.6 is 23.2 Å². The molecule has 0 saturated heterocycles. The Kier molecular flexibility index (Phi) is 5.24. The summed E-state index contributed by atoms with van der Waals surface area (Å²) in [5.41, 5.74) is 3.97. The molecule has 6 rings (SSSR count). The predicted molar refractivity (Wildman–Crippen MR) is 133 cm³/mol. The molecule has 2 amide bonds. The van der Waals surface area contributed by atoms with Crippen molar-refractivity contribution in [2.24, 2.45) is 4.99 Å². The van der Waals surface area contributed by atoms with Crippen LogP contribution in [-0.2, 0) is 13.0 Å². The maximum absolute atomic E-state index is 12.8. The van der Waals surface area contributed by atoms with Crippen molar-refractivity contribution in [3.63, 3.8) is 0 Å². The van der Waals surface area contributed by atoms with Gasteiger partial charge >= 0.3 is 0 Å². The summed E-state index contributed by atoms with van der Waals surface area (Å²) >= 11 is 12.9. The molecule has 3 aromatic carbocycles. The number of aromatic nitrogens is 3. The molecular weight excluding hydrogens is 485 g/mol. The number of carbonyl (C=O) groups excluding carboxylic acids is 2. The molecule has 1 aromatic heterocycles. The molecular formula is C26H17Cl2N5O2. The Hall–Kier alpha value is -3.81. The van der Waals surface area contributed by atoms with Gasteiger partial charge in [0.25, 0.3) is 11.8 Å². The lowest BCUT2D eigenvalue weighted by molar-refractivity contribution is 0.0655. The molecule has 2 aliphatic rings. The van der Waals surface area contributed by atoms with Crippen molar-refractivity contribution >= 4 is 40.7 Å². The van der Waals surface area contributed by atoms with Crippen LogP contribution in [0.3, 0.4) is 0 Å². The van der Waals surface area contributed by atoms with Crippen molar-refractivity contribution in [3.8, 4) is 5.69 Å². The van der Waals surface area contributed by atoms with Crippen LogP contribution in [0.5, 0.6) is 0 Å². The van der Waals surface area contributed by atoms with Crippen molar-refractivity contribution in [2.45, 2.75) is 13.0 Å². The number of imide groups is 1. The first-order chi connectivity index (χ1) is 17.0. The Bertz CT molecular complexity index is 1520. The highest BCUT2D eigenvalue weighted by Crippen LogP contribution is 2.31. The summed E-state index contributed by atoms with van der Waals surface area (Å²) < 4.78 is 1.93. The van der Waals surface area contributed by atoms with E-state index in [-0.39, 0.29) is 24.9 Å². The molecule has 9 heteroatoms. The number of rotatable bonds is 4. The van der Waals surface area contributed by atoms with Gasteiger partial charge in [0.1, 0.15) is 12.4 Å². The third-order valence-electron chi connectivity index (χ3n) is 6.20. The monoisotopic (exact) mass is 501 g/mol. The second-order valence-corrected chi connectivity index (χ2v) is 9.08. The summed E-state index contributed by atoms with van der Waals surface area (Å²) in [6.07, 6.45) is 0.335. The number of nitrogens with zero attached hydrogens (tertiary/aromatic N) is 5. The number of hydrogen-bond donors (Lipinski definition) is 0. The van der Waals surface area contributed by atoms with Crippen LogP contribution < -0.4 is 0 Å². The minimum absolute atomic E-state index is 0.186. The van der Waals surface area contributed by atoms with E-state index < -0.39 is 0 Å². The first-order valence-corrected chi connectivity index (χ1v) is 11.8. The number of fused-ring (bicyclic) bond motifs is 4. The number of amides is 2. The zero-order valence-corrected chi connectivity index (χ0v) is 19.8. The summed E-state index contributed by atoms with van der Waals surface area (Å²) in [6.45, 7) is 0.471. The number of halogens is 2. The smallest absolute Gasteiger partial charge is 0.261 e. The van der Waals surface area contributed by atoms with Gasteiger partial charge in [0, 0.05) is 34.1 Å². The second kappa shape index (κ2) is 8.45. The van der Waals surface area contributed by atoms with E-state index in [9.17, 15) is 9.59 Å². The summed E-state index contributed by atoms with van der Waals surface area (Å²) in [7, 11) is 0. The highest BCUT2D eigenvalue weighted by Gasteiger charge is 2.35. The van der Waals surface area contributed by atoms with E-state index in [4.69, 9.17) is 28.2 Å². The standard InChI is InChI=1S/C26H17Cl2N5O2/c27-15-9-10-21-19(13-15)24(18-7-3-4-8-20(18)28)29-14-23-31-30-22(33(21)23)11-12-32-25(34)16-5-1-2-6-17(16)26(32)35/h1-10,13H,11-12,14H2. The lowest BCUT2D eigenvalue weighted by Crippen LogP contribution is -2.32. The van der Waals surface area contributed by atoms with Crippen LogP contribution in [0.25, 0.3) is 5.69 Å². The van der Waals surface area contributed by atoms with E-state index >= 15 is 0 Å². The molecule has 0 unspecified atom stereocenters. The average molecular weight is 502 g/mol. The zero-order valence-electron chi connectivity index (χ0n) is 18.3. The van der Waals surface area contributed by atoms with Gasteiger partial charge in [-0.3, -0.25) is 24.0 Å². The third-order valence-corrected chi connectivity index (χ3v) is 6.76. The van der Waals surface area contributed by atoms with E-state index in [1.165, 1.54) is 4.90 Å². The maximum atomic E-state index is 12.8. The number of hydrogen-bond acceptors (Lipinski definition) is 5. The summed E-state index contributed by atoms with van der Waals surface area (Å²) in [5.74, 6) is 0.680. The Balaban J connectivity index is 1.37. The lowest BCUT2D eigenvalue weighted by Gasteiger charge is -2.16. The highest BCUT2D eigenvalue weighted by molar-refractivity contribution is 6.36. The van der Waals surface area contributed by atoms with E-state index in [1.54, 1.807) is 30.3 Å². The predicted octanol–water partition coefficient (Wildman–Crippen LogP) is 4.76. The average Bonchev–Trinajstić information content (AvgIpc) is 3.32. The zero-order chi connectivity index (χ0) is 24.1. The van der Waals surface area contributed by atoms with Crippen molar-refractivity contribution in [3.05, 3.63) is 111 Å². The van der Waals surface area contributed by atoms with Gasteiger partial charge in [0.15, 0.2) is 5.82 Å². The van der Waals surface area contributed by atoms with E-state index in [1.807, 2.05) is 41.0 Å². The molecule has 0 spiro atoms. The van der Waals surface area contributed by atoms with E-state index in [2.05, 4.69) is 10.2 Å². The fraction of sp³-hybridized carbons (Fsp3) is 0.115. The molecule has 0 bridgehead atoms. The molecule has 7 nitrogen and oxygen atoms in total. The molecule has 0 atom stereocenters. The summed E-state index contributed by atoms with van der Waals surface area (Å²) in [4.78, 5) is 31.7. The Morgan fingerprint density at radius 3 is 2.20 bits per heavy atom. The van der Waals surface area contributed by atoms with E-state index in [0.29, 0.717) is 45.0 Å². The molecule has 0 saturated carbocycles. The van der Waals surface area contributed by atoms with Crippen molar-refractivity contribution < 1.29 is 9.59 Å². The number of aliphatic imine (C=N–C) groups is 1.